The number of ether oxygens (including phenoxy) is 2. The molecule has 0 radical (unpaired) electrons. The molecule has 0 saturated carbocycles. The van der Waals surface area contributed by atoms with Crippen LogP contribution in [0.1, 0.15) is 136 Å². The minimum absolute atomic E-state index is 0.0283. The number of unbranched alkanes of at least 4 members (excludes halogenated alkanes) is 15. The summed E-state index contributed by atoms with van der Waals surface area (Å²) in [4.78, 5) is 36.3. The summed E-state index contributed by atoms with van der Waals surface area (Å²) in [7, 11) is 1.17. The summed E-state index contributed by atoms with van der Waals surface area (Å²) in [5, 5.41) is 0. The summed E-state index contributed by atoms with van der Waals surface area (Å²) >= 11 is 0. The molecule has 0 aromatic rings. The third-order valence-corrected chi connectivity index (χ3v) is 7.81. The fraction of sp³-hybridized carbons (Fsp3) is 0.935. The Labute approximate surface area is 251 Å². The molecule has 0 spiro atoms. The van der Waals surface area contributed by atoms with Gasteiger partial charge in [-0.25, -0.2) is 0 Å². The molecular formula is C31H62NO8P. The quantitative estimate of drug-likeness (QED) is 0.0383. The Morgan fingerprint density at radius 3 is 1.61 bits per heavy atom. The van der Waals surface area contributed by atoms with Crippen molar-refractivity contribution in [2.24, 2.45) is 0 Å². The van der Waals surface area contributed by atoms with Gasteiger partial charge in [0.05, 0.1) is 27.7 Å². The predicted octanol–water partition coefficient (Wildman–Crippen LogP) is 7.10. The van der Waals surface area contributed by atoms with E-state index >= 15 is 0 Å². The van der Waals surface area contributed by atoms with Crippen LogP contribution in [0.5, 0.6) is 0 Å². The van der Waals surface area contributed by atoms with Crippen LogP contribution in [0.15, 0.2) is 0 Å². The molecule has 244 valence electrons. The van der Waals surface area contributed by atoms with E-state index in [1.54, 1.807) is 0 Å². The van der Waals surface area contributed by atoms with E-state index in [0.29, 0.717) is 23.9 Å². The Balaban J connectivity index is 4.11. The number of carbonyl (C=O) groups excluding carboxylic acids is 2. The molecule has 0 bridgehead atoms. The lowest BCUT2D eigenvalue weighted by atomic mass is 10.0. The van der Waals surface area contributed by atoms with Crippen molar-refractivity contribution in [1.82, 2.24) is 0 Å². The van der Waals surface area contributed by atoms with Gasteiger partial charge in [-0.2, -0.15) is 0 Å². The van der Waals surface area contributed by atoms with Crippen LogP contribution in [-0.2, 0) is 32.7 Å². The van der Waals surface area contributed by atoms with E-state index in [9.17, 15) is 19.0 Å². The number of phosphoric ester groups is 1. The molecule has 41 heavy (non-hydrogen) atoms. The molecule has 0 aromatic carbocycles. The average molecular weight is 608 g/mol. The summed E-state index contributed by atoms with van der Waals surface area (Å²) in [5.74, 6) is -0.891. The summed E-state index contributed by atoms with van der Waals surface area (Å²) in [5.41, 5.74) is 0. The Hall–Kier alpha value is -0.990. The minimum atomic E-state index is -4.58. The number of likely N-dealkylation sites (N-methyl/N-ethyl adjacent to an activating group) is 1. The second-order valence-electron chi connectivity index (χ2n) is 12.2. The first-order valence-electron chi connectivity index (χ1n) is 16.2. The lowest BCUT2D eigenvalue weighted by Gasteiger charge is -2.28. The zero-order valence-corrected chi connectivity index (χ0v) is 27.9. The third kappa shape index (κ3) is 28.9. The summed E-state index contributed by atoms with van der Waals surface area (Å²) < 4.78 is 33.0. The first kappa shape index (κ1) is 40.0. The van der Waals surface area contributed by atoms with Crippen LogP contribution in [0.4, 0.5) is 0 Å². The predicted molar refractivity (Wildman–Crippen MR) is 162 cm³/mol. The molecule has 10 heteroatoms. The highest BCUT2D eigenvalue weighted by Gasteiger charge is 2.21. The zero-order valence-electron chi connectivity index (χ0n) is 27.0. The molecule has 0 N–H and O–H groups in total. The Morgan fingerprint density at radius 2 is 1.15 bits per heavy atom. The number of phosphoric acid groups is 1. The Morgan fingerprint density at radius 1 is 0.659 bits per heavy atom. The second kappa shape index (κ2) is 25.5. The van der Waals surface area contributed by atoms with Crippen molar-refractivity contribution in [3.8, 4) is 0 Å². The van der Waals surface area contributed by atoms with Gasteiger partial charge >= 0.3 is 11.9 Å². The maximum absolute atomic E-state index is 12.4. The van der Waals surface area contributed by atoms with Gasteiger partial charge in [-0.15, -0.1) is 0 Å². The van der Waals surface area contributed by atoms with Crippen molar-refractivity contribution < 1.29 is 42.1 Å². The molecule has 2 unspecified atom stereocenters. The number of esters is 2. The summed E-state index contributed by atoms with van der Waals surface area (Å²) in [6.45, 7) is 3.83. The van der Waals surface area contributed by atoms with Gasteiger partial charge in [0.1, 0.15) is 19.8 Å². The van der Waals surface area contributed by atoms with E-state index in [1.165, 1.54) is 83.5 Å². The van der Waals surface area contributed by atoms with Crippen molar-refractivity contribution in [2.75, 3.05) is 47.5 Å². The molecule has 0 rings (SSSR count). The van der Waals surface area contributed by atoms with Gasteiger partial charge in [-0.05, 0) is 12.8 Å². The van der Waals surface area contributed by atoms with Gasteiger partial charge in [0.25, 0.3) is 7.82 Å². The van der Waals surface area contributed by atoms with Crippen molar-refractivity contribution >= 4 is 19.8 Å². The van der Waals surface area contributed by atoms with Crippen molar-refractivity contribution in [1.29, 1.82) is 0 Å². The molecule has 9 nitrogen and oxygen atoms in total. The molecule has 0 heterocycles. The van der Waals surface area contributed by atoms with Crippen molar-refractivity contribution in [2.45, 2.75) is 142 Å². The van der Waals surface area contributed by atoms with E-state index in [4.69, 9.17) is 18.5 Å². The maximum atomic E-state index is 12.4. The number of nitrogens with zero attached hydrogens (tertiary/aromatic N) is 1. The standard InChI is InChI=1S/C31H62NO8P/c1-6-8-9-10-11-12-13-14-15-16-17-18-19-20-21-22-24-31(34)40-29(27-37-30(33)23-7-2)28-39-41(35,36)38-26-25-32(3,4)5/h29H,6-28H2,1-5H3. The minimum Gasteiger partial charge on any atom is -0.756 e. The molecule has 0 aromatic heterocycles. The van der Waals surface area contributed by atoms with Crippen molar-refractivity contribution in [3.05, 3.63) is 0 Å². The molecular weight excluding hydrogens is 545 g/mol. The smallest absolute Gasteiger partial charge is 0.306 e. The summed E-state index contributed by atoms with van der Waals surface area (Å²) in [6.07, 6.45) is 20.1. The highest BCUT2D eigenvalue weighted by atomic mass is 31.2. The van der Waals surface area contributed by atoms with Gasteiger partial charge in [0.2, 0.25) is 0 Å². The number of carbonyl (C=O) groups is 2. The normalized spacial score (nSPS) is 14.0. The van der Waals surface area contributed by atoms with Crippen LogP contribution in [0.2, 0.25) is 0 Å². The first-order valence-corrected chi connectivity index (χ1v) is 17.7. The monoisotopic (exact) mass is 607 g/mol. The maximum Gasteiger partial charge on any atom is 0.306 e. The van der Waals surface area contributed by atoms with Crippen LogP contribution in [0.25, 0.3) is 0 Å². The fourth-order valence-electron chi connectivity index (χ4n) is 4.28. The highest BCUT2D eigenvalue weighted by molar-refractivity contribution is 7.45. The van der Waals surface area contributed by atoms with Crippen LogP contribution < -0.4 is 4.89 Å². The van der Waals surface area contributed by atoms with E-state index in [1.807, 2.05) is 28.1 Å². The van der Waals surface area contributed by atoms with Gasteiger partial charge in [0, 0.05) is 12.8 Å². The Bertz CT molecular complexity index is 698. The molecule has 0 aliphatic rings. The topological polar surface area (TPSA) is 111 Å². The fourth-order valence-corrected chi connectivity index (χ4v) is 5.01. The van der Waals surface area contributed by atoms with Gasteiger partial charge in [0.15, 0.2) is 6.10 Å². The highest BCUT2D eigenvalue weighted by Crippen LogP contribution is 2.38. The Kier molecular flexibility index (Phi) is 24.9. The van der Waals surface area contributed by atoms with Gasteiger partial charge in [-0.1, -0.05) is 110 Å². The number of quaternary nitrogens is 1. The zero-order chi connectivity index (χ0) is 30.8. The van der Waals surface area contributed by atoms with E-state index in [0.717, 1.165) is 12.8 Å². The van der Waals surface area contributed by atoms with E-state index < -0.39 is 32.5 Å². The third-order valence-electron chi connectivity index (χ3n) is 6.85. The molecule has 0 fully saturated rings. The van der Waals surface area contributed by atoms with Crippen LogP contribution in [0, 0.1) is 0 Å². The number of hydrogen-bond donors (Lipinski definition) is 0. The van der Waals surface area contributed by atoms with Gasteiger partial charge in [-0.3, -0.25) is 14.2 Å². The van der Waals surface area contributed by atoms with Crippen LogP contribution in [0.3, 0.4) is 0 Å². The molecule has 0 amide bonds. The average Bonchev–Trinajstić information content (AvgIpc) is 2.89. The number of hydrogen-bond acceptors (Lipinski definition) is 8. The van der Waals surface area contributed by atoms with Crippen LogP contribution >= 0.6 is 7.82 Å². The first-order chi connectivity index (χ1) is 19.5. The molecule has 0 aliphatic heterocycles. The second-order valence-corrected chi connectivity index (χ2v) is 13.6. The van der Waals surface area contributed by atoms with E-state index in [-0.39, 0.29) is 26.1 Å². The molecule has 0 saturated heterocycles. The lowest BCUT2D eigenvalue weighted by Crippen LogP contribution is -2.37. The van der Waals surface area contributed by atoms with Crippen LogP contribution in [-0.4, -0.2) is 70.0 Å². The number of rotatable bonds is 29. The summed E-state index contributed by atoms with van der Waals surface area (Å²) in [6, 6.07) is 0. The largest absolute Gasteiger partial charge is 0.756 e. The SMILES string of the molecule is CCCCCCCCCCCCCCCCCCC(=O)OC(COC(=O)CCC)COP(=O)([O-])OCC[N+](C)(C)C. The van der Waals surface area contributed by atoms with E-state index in [2.05, 4.69) is 6.92 Å². The molecule has 0 aliphatic carbocycles. The van der Waals surface area contributed by atoms with Crippen molar-refractivity contribution in [3.63, 3.8) is 0 Å². The van der Waals surface area contributed by atoms with Gasteiger partial charge < -0.3 is 27.9 Å². The molecule has 2 atom stereocenters. The lowest BCUT2D eigenvalue weighted by molar-refractivity contribution is -0.870.